The lowest BCUT2D eigenvalue weighted by molar-refractivity contribution is 0.0666. The van der Waals surface area contributed by atoms with E-state index in [-0.39, 0.29) is 23.3 Å². The van der Waals surface area contributed by atoms with Crippen molar-refractivity contribution in [2.75, 3.05) is 12.0 Å². The molecule has 3 atom stereocenters. The maximum Gasteiger partial charge on any atom is 0.186 e. The minimum Gasteiger partial charge on any atom is -0.497 e. The van der Waals surface area contributed by atoms with Gasteiger partial charge < -0.3 is 9.64 Å². The van der Waals surface area contributed by atoms with Crippen LogP contribution >= 0.6 is 0 Å². The van der Waals surface area contributed by atoms with E-state index in [1.807, 2.05) is 29.2 Å². The van der Waals surface area contributed by atoms with Gasteiger partial charge in [-0.1, -0.05) is 86.7 Å². The van der Waals surface area contributed by atoms with Gasteiger partial charge in [0, 0.05) is 33.9 Å². The molecule has 0 aromatic heterocycles. The molecule has 5 nitrogen and oxygen atoms in total. The molecule has 0 bridgehead atoms. The van der Waals surface area contributed by atoms with E-state index in [1.54, 1.807) is 66.7 Å². The zero-order valence-electron chi connectivity index (χ0n) is 24.1. The van der Waals surface area contributed by atoms with Crippen LogP contribution in [-0.4, -0.2) is 36.5 Å². The molecule has 1 saturated heterocycles. The van der Waals surface area contributed by atoms with E-state index < -0.39 is 29.2 Å². The third-order valence-electron chi connectivity index (χ3n) is 9.35. The molecule has 0 N–H and O–H groups in total. The van der Waals surface area contributed by atoms with Crippen molar-refractivity contribution >= 4 is 29.1 Å². The first-order valence-corrected chi connectivity index (χ1v) is 14.5. The molecule has 2 heterocycles. The fourth-order valence-electron chi connectivity index (χ4n) is 7.36. The Bertz CT molecular complexity index is 1800. The Morgan fingerprint density at radius 3 is 2.23 bits per heavy atom. The van der Waals surface area contributed by atoms with Crippen molar-refractivity contribution in [3.63, 3.8) is 0 Å². The van der Waals surface area contributed by atoms with E-state index in [4.69, 9.17) is 4.74 Å². The number of carbonyl (C=O) groups excluding carboxylic acids is 3. The first kappa shape index (κ1) is 27.0. The number of halogens is 1. The minimum absolute atomic E-state index is 0.249. The SMILES string of the molecule is COc1cccc(C(=O)[C@@H]2[C@H](c3ccc(C(C)C)cc3)C3(C(=O)c4ccccc4C3=O)[C@H]3C=Cc4cc(F)ccc4N23)c1. The molecule has 214 valence electrons. The standard InChI is InChI=1S/C37H30FNO4/c1-21(2)22-11-13-23(14-12-22)32-33(34(40)25-7-6-8-27(20-25)43-3)39-30-17-16-26(38)19-24(30)15-18-31(39)37(32)35(41)28-9-4-5-10-29(28)36(37)42/h4-21,31-33H,1-3H3/t31-,32+,33+/m1/s1. The fraction of sp³-hybridized carbons (Fsp3) is 0.216. The Morgan fingerprint density at radius 1 is 0.884 bits per heavy atom. The predicted molar refractivity (Wildman–Crippen MR) is 164 cm³/mol. The Balaban J connectivity index is 1.53. The van der Waals surface area contributed by atoms with Gasteiger partial charge in [0.05, 0.1) is 13.2 Å². The summed E-state index contributed by atoms with van der Waals surface area (Å²) in [5, 5.41) is 0. The highest BCUT2D eigenvalue weighted by atomic mass is 19.1. The van der Waals surface area contributed by atoms with Crippen molar-refractivity contribution < 1.29 is 23.5 Å². The van der Waals surface area contributed by atoms with Gasteiger partial charge in [0.1, 0.15) is 23.0 Å². The van der Waals surface area contributed by atoms with Crippen LogP contribution in [0.1, 0.15) is 73.4 Å². The molecule has 0 saturated carbocycles. The third kappa shape index (κ3) is 3.79. The first-order valence-electron chi connectivity index (χ1n) is 14.5. The van der Waals surface area contributed by atoms with Gasteiger partial charge in [-0.2, -0.15) is 0 Å². The molecule has 4 aromatic rings. The van der Waals surface area contributed by atoms with E-state index in [2.05, 4.69) is 13.8 Å². The van der Waals surface area contributed by atoms with Crippen molar-refractivity contribution in [1.29, 1.82) is 0 Å². The maximum absolute atomic E-state index is 14.8. The second kappa shape index (κ2) is 9.87. The van der Waals surface area contributed by atoms with Crippen LogP contribution in [0.25, 0.3) is 6.08 Å². The lowest BCUT2D eigenvalue weighted by atomic mass is 9.64. The highest BCUT2D eigenvalue weighted by molar-refractivity contribution is 6.32. The number of benzene rings is 4. The van der Waals surface area contributed by atoms with Crippen LogP contribution in [-0.2, 0) is 0 Å². The van der Waals surface area contributed by atoms with E-state index in [1.165, 1.54) is 19.2 Å². The summed E-state index contributed by atoms with van der Waals surface area (Å²) >= 11 is 0. The van der Waals surface area contributed by atoms with Crippen molar-refractivity contribution in [3.8, 4) is 5.75 Å². The van der Waals surface area contributed by atoms with Crippen LogP contribution in [0.5, 0.6) is 5.75 Å². The minimum atomic E-state index is -1.61. The Morgan fingerprint density at radius 2 is 1.58 bits per heavy atom. The van der Waals surface area contributed by atoms with Crippen LogP contribution in [0, 0.1) is 11.2 Å². The van der Waals surface area contributed by atoms with Gasteiger partial charge in [-0.3, -0.25) is 14.4 Å². The van der Waals surface area contributed by atoms with Crippen LogP contribution in [0.2, 0.25) is 0 Å². The zero-order chi connectivity index (χ0) is 30.0. The number of anilines is 1. The largest absolute Gasteiger partial charge is 0.497 e. The summed E-state index contributed by atoms with van der Waals surface area (Å²) in [6.07, 6.45) is 3.57. The summed E-state index contributed by atoms with van der Waals surface area (Å²) in [6, 6.07) is 24.4. The number of rotatable bonds is 5. The number of carbonyl (C=O) groups is 3. The summed E-state index contributed by atoms with van der Waals surface area (Å²) in [5.41, 5.74) is 2.55. The quantitative estimate of drug-likeness (QED) is 0.186. The van der Waals surface area contributed by atoms with E-state index in [0.717, 1.165) is 11.1 Å². The second-order valence-electron chi connectivity index (χ2n) is 11.8. The van der Waals surface area contributed by atoms with Crippen molar-refractivity contribution in [2.24, 2.45) is 5.41 Å². The van der Waals surface area contributed by atoms with Crippen LogP contribution in [0.3, 0.4) is 0 Å². The van der Waals surface area contributed by atoms with Gasteiger partial charge in [-0.05, 0) is 47.4 Å². The fourth-order valence-corrected chi connectivity index (χ4v) is 7.36. The smallest absolute Gasteiger partial charge is 0.186 e. The molecule has 4 aromatic carbocycles. The molecule has 1 aliphatic carbocycles. The van der Waals surface area contributed by atoms with Gasteiger partial charge in [0.25, 0.3) is 0 Å². The van der Waals surface area contributed by atoms with E-state index >= 15 is 0 Å². The molecule has 3 aliphatic rings. The molecule has 0 unspecified atom stereocenters. The van der Waals surface area contributed by atoms with Crippen LogP contribution in [0.4, 0.5) is 10.1 Å². The summed E-state index contributed by atoms with van der Waals surface area (Å²) in [4.78, 5) is 46.2. The van der Waals surface area contributed by atoms with Gasteiger partial charge >= 0.3 is 0 Å². The first-order chi connectivity index (χ1) is 20.8. The Hall–Kier alpha value is -4.84. The van der Waals surface area contributed by atoms with Gasteiger partial charge in [-0.15, -0.1) is 0 Å². The third-order valence-corrected chi connectivity index (χ3v) is 9.35. The Labute approximate surface area is 249 Å². The van der Waals surface area contributed by atoms with Crippen LogP contribution < -0.4 is 9.64 Å². The lowest BCUT2D eigenvalue weighted by Crippen LogP contribution is -2.48. The predicted octanol–water partition coefficient (Wildman–Crippen LogP) is 7.27. The van der Waals surface area contributed by atoms with Gasteiger partial charge in [0.2, 0.25) is 0 Å². The summed E-state index contributed by atoms with van der Waals surface area (Å²) in [6.45, 7) is 4.20. The number of nitrogens with zero attached hydrogens (tertiary/aromatic N) is 1. The molecule has 0 radical (unpaired) electrons. The number of ketones is 3. The van der Waals surface area contributed by atoms with Gasteiger partial charge in [-0.25, -0.2) is 4.39 Å². The maximum atomic E-state index is 14.8. The number of methoxy groups -OCH3 is 1. The number of ether oxygens (including phenoxy) is 1. The van der Waals surface area contributed by atoms with E-state index in [0.29, 0.717) is 33.7 Å². The average Bonchev–Trinajstić information content (AvgIpc) is 3.46. The zero-order valence-corrected chi connectivity index (χ0v) is 24.1. The Kier molecular flexibility index (Phi) is 6.20. The highest BCUT2D eigenvalue weighted by Gasteiger charge is 2.71. The topological polar surface area (TPSA) is 63.7 Å². The number of Topliss-reactive ketones (excluding diaryl/α,β-unsaturated/α-hetero) is 3. The van der Waals surface area contributed by atoms with Crippen molar-refractivity contribution in [1.82, 2.24) is 0 Å². The van der Waals surface area contributed by atoms with E-state index in [9.17, 15) is 18.8 Å². The second-order valence-corrected chi connectivity index (χ2v) is 11.8. The molecule has 1 spiro atoms. The number of fused-ring (bicyclic) bond motifs is 5. The lowest BCUT2D eigenvalue weighted by Gasteiger charge is -2.37. The normalized spacial score (nSPS) is 21.2. The molecule has 2 aliphatic heterocycles. The van der Waals surface area contributed by atoms with Gasteiger partial charge in [0.15, 0.2) is 17.3 Å². The molecule has 6 heteroatoms. The number of hydrogen-bond donors (Lipinski definition) is 0. The molecule has 43 heavy (non-hydrogen) atoms. The summed E-state index contributed by atoms with van der Waals surface area (Å²) < 4.78 is 19.9. The van der Waals surface area contributed by atoms with Crippen molar-refractivity contribution in [3.05, 3.63) is 136 Å². The summed E-state index contributed by atoms with van der Waals surface area (Å²) in [7, 11) is 1.54. The van der Waals surface area contributed by atoms with Crippen LogP contribution in [0.15, 0.2) is 97.1 Å². The van der Waals surface area contributed by atoms with Crippen molar-refractivity contribution in [2.45, 2.75) is 37.8 Å². The molecule has 0 amide bonds. The molecular weight excluding hydrogens is 541 g/mol. The molecule has 1 fully saturated rings. The summed E-state index contributed by atoms with van der Waals surface area (Å²) in [5.74, 6) is -1.28. The molecule has 7 rings (SSSR count). The highest BCUT2D eigenvalue weighted by Crippen LogP contribution is 2.61. The molecular formula is C37H30FNO4. The average molecular weight is 572 g/mol. The monoisotopic (exact) mass is 571 g/mol. The number of hydrogen-bond acceptors (Lipinski definition) is 5.